The van der Waals surface area contributed by atoms with Crippen molar-refractivity contribution in [3.8, 4) is 5.75 Å². The third-order valence-electron chi connectivity index (χ3n) is 5.44. The number of nitrogens with two attached hydrogens (primary N) is 1. The van der Waals surface area contributed by atoms with Gasteiger partial charge in [0.05, 0.1) is 12.5 Å². The van der Waals surface area contributed by atoms with E-state index in [0.717, 1.165) is 11.1 Å². The van der Waals surface area contributed by atoms with E-state index in [1.165, 1.54) is 0 Å². The second-order valence-electron chi connectivity index (χ2n) is 7.49. The number of ketones is 1. The van der Waals surface area contributed by atoms with Crippen molar-refractivity contribution in [1.82, 2.24) is 0 Å². The summed E-state index contributed by atoms with van der Waals surface area (Å²) in [6.45, 7) is 2.38. The molecule has 0 aromatic heterocycles. The zero-order valence-corrected chi connectivity index (χ0v) is 17.4. The van der Waals surface area contributed by atoms with E-state index in [-0.39, 0.29) is 23.8 Å². The van der Waals surface area contributed by atoms with Crippen LogP contribution in [-0.4, -0.2) is 18.4 Å². The number of Topliss-reactive ketones (excluding diaryl/α,β-unsaturated/α-hetero) is 1. The SMILES string of the molecule is CCOC(=O)C1=C(N)OC2=C(C(=O)CCC2)[C@H]1c1ccc(OCc2ccccc2)cc1. The summed E-state index contributed by atoms with van der Waals surface area (Å²) in [7, 11) is 0. The summed E-state index contributed by atoms with van der Waals surface area (Å²) >= 11 is 0. The van der Waals surface area contributed by atoms with Crippen LogP contribution < -0.4 is 10.5 Å². The first-order valence-electron chi connectivity index (χ1n) is 10.5. The lowest BCUT2D eigenvalue weighted by Gasteiger charge is -2.32. The van der Waals surface area contributed by atoms with Crippen LogP contribution in [0.15, 0.2) is 77.4 Å². The van der Waals surface area contributed by atoms with E-state index in [4.69, 9.17) is 19.9 Å². The van der Waals surface area contributed by atoms with Crippen LogP contribution in [0, 0.1) is 0 Å². The normalized spacial score (nSPS) is 18.4. The third-order valence-corrected chi connectivity index (χ3v) is 5.44. The van der Waals surface area contributed by atoms with Crippen molar-refractivity contribution in [3.63, 3.8) is 0 Å². The van der Waals surface area contributed by atoms with Crippen LogP contribution in [0.4, 0.5) is 0 Å². The number of carbonyl (C=O) groups is 2. The maximum atomic E-state index is 12.8. The maximum Gasteiger partial charge on any atom is 0.340 e. The Morgan fingerprint density at radius 2 is 1.84 bits per heavy atom. The van der Waals surface area contributed by atoms with Crippen molar-refractivity contribution in [3.05, 3.63) is 88.5 Å². The summed E-state index contributed by atoms with van der Waals surface area (Å²) in [4.78, 5) is 25.5. The molecule has 0 fully saturated rings. The molecule has 0 unspecified atom stereocenters. The smallest absolute Gasteiger partial charge is 0.340 e. The molecule has 160 valence electrons. The van der Waals surface area contributed by atoms with Crippen molar-refractivity contribution < 1.29 is 23.8 Å². The van der Waals surface area contributed by atoms with E-state index in [9.17, 15) is 9.59 Å². The summed E-state index contributed by atoms with van der Waals surface area (Å²) in [6, 6.07) is 17.3. The fourth-order valence-electron chi connectivity index (χ4n) is 3.99. The number of hydrogen-bond donors (Lipinski definition) is 1. The Morgan fingerprint density at radius 1 is 1.10 bits per heavy atom. The largest absolute Gasteiger partial charge is 0.489 e. The molecule has 0 spiro atoms. The molecule has 0 saturated carbocycles. The molecule has 0 amide bonds. The molecule has 2 aromatic rings. The van der Waals surface area contributed by atoms with E-state index in [1.807, 2.05) is 54.6 Å². The van der Waals surface area contributed by atoms with Crippen molar-refractivity contribution in [2.45, 2.75) is 38.7 Å². The molecule has 0 bridgehead atoms. The molecule has 1 atom stereocenters. The van der Waals surface area contributed by atoms with Gasteiger partial charge in [-0.25, -0.2) is 4.79 Å². The van der Waals surface area contributed by atoms with E-state index in [1.54, 1.807) is 6.92 Å². The first-order valence-corrected chi connectivity index (χ1v) is 10.5. The van der Waals surface area contributed by atoms with Crippen LogP contribution >= 0.6 is 0 Å². The van der Waals surface area contributed by atoms with Crippen molar-refractivity contribution >= 4 is 11.8 Å². The zero-order valence-electron chi connectivity index (χ0n) is 17.4. The Balaban J connectivity index is 1.64. The van der Waals surface area contributed by atoms with Crippen molar-refractivity contribution in [2.24, 2.45) is 5.73 Å². The highest BCUT2D eigenvalue weighted by Gasteiger charge is 2.41. The van der Waals surface area contributed by atoms with Gasteiger partial charge in [-0.15, -0.1) is 0 Å². The van der Waals surface area contributed by atoms with Gasteiger partial charge in [-0.1, -0.05) is 42.5 Å². The average molecular weight is 419 g/mol. The lowest BCUT2D eigenvalue weighted by Crippen LogP contribution is -2.31. The van der Waals surface area contributed by atoms with Crippen LogP contribution in [-0.2, 0) is 25.7 Å². The lowest BCUT2D eigenvalue weighted by molar-refractivity contribution is -0.139. The number of esters is 1. The Kier molecular flexibility index (Phi) is 6.07. The molecule has 0 radical (unpaired) electrons. The van der Waals surface area contributed by atoms with Crippen LogP contribution in [0.25, 0.3) is 0 Å². The number of benzene rings is 2. The summed E-state index contributed by atoms with van der Waals surface area (Å²) < 4.78 is 16.8. The summed E-state index contributed by atoms with van der Waals surface area (Å²) in [5.41, 5.74) is 8.63. The second-order valence-corrected chi connectivity index (χ2v) is 7.49. The van der Waals surface area contributed by atoms with Gasteiger partial charge in [-0.2, -0.15) is 0 Å². The Morgan fingerprint density at radius 3 is 2.55 bits per heavy atom. The molecule has 0 saturated heterocycles. The van der Waals surface area contributed by atoms with Crippen LogP contribution in [0.5, 0.6) is 5.75 Å². The van der Waals surface area contributed by atoms with Crippen molar-refractivity contribution in [2.75, 3.05) is 6.61 Å². The third kappa shape index (κ3) is 4.33. The fraction of sp³-hybridized carbons (Fsp3) is 0.280. The van der Waals surface area contributed by atoms with E-state index in [2.05, 4.69) is 0 Å². The van der Waals surface area contributed by atoms with E-state index >= 15 is 0 Å². The molecule has 31 heavy (non-hydrogen) atoms. The average Bonchev–Trinajstić information content (AvgIpc) is 2.78. The minimum atomic E-state index is -0.612. The van der Waals surface area contributed by atoms with Crippen LogP contribution in [0.2, 0.25) is 0 Å². The molecule has 2 aromatic carbocycles. The molecule has 2 aliphatic rings. The highest BCUT2D eigenvalue weighted by atomic mass is 16.5. The van der Waals surface area contributed by atoms with Crippen LogP contribution in [0.1, 0.15) is 43.2 Å². The predicted octanol–water partition coefficient (Wildman–Crippen LogP) is 4.12. The molecular formula is C25H25NO5. The molecule has 1 aliphatic carbocycles. The summed E-state index contributed by atoms with van der Waals surface area (Å²) in [5.74, 6) is 0.0408. The standard InChI is InChI=1S/C25H25NO5/c1-2-29-25(28)23-21(22-19(27)9-6-10-20(22)31-24(23)26)17-11-13-18(14-12-17)30-15-16-7-4-3-5-8-16/h3-5,7-8,11-14,21H,2,6,9-10,15,26H2,1H3/t21-/m1/s1. The molecule has 1 heterocycles. The van der Waals surface area contributed by atoms with Gasteiger partial charge in [0.25, 0.3) is 0 Å². The molecule has 1 aliphatic heterocycles. The predicted molar refractivity (Wildman–Crippen MR) is 115 cm³/mol. The van der Waals surface area contributed by atoms with Gasteiger partial charge in [-0.05, 0) is 36.6 Å². The summed E-state index contributed by atoms with van der Waals surface area (Å²) in [6.07, 6.45) is 1.75. The molecule has 6 heteroatoms. The topological polar surface area (TPSA) is 87.9 Å². The van der Waals surface area contributed by atoms with Gasteiger partial charge in [0, 0.05) is 18.4 Å². The lowest BCUT2D eigenvalue weighted by atomic mass is 9.77. The molecule has 6 nitrogen and oxygen atoms in total. The van der Waals surface area contributed by atoms with Gasteiger partial charge in [-0.3, -0.25) is 4.79 Å². The Hall–Kier alpha value is -3.54. The number of hydrogen-bond acceptors (Lipinski definition) is 6. The first kappa shape index (κ1) is 20.7. The minimum Gasteiger partial charge on any atom is -0.489 e. The monoisotopic (exact) mass is 419 g/mol. The molecule has 4 rings (SSSR count). The van der Waals surface area contributed by atoms with Gasteiger partial charge in [0.15, 0.2) is 5.78 Å². The van der Waals surface area contributed by atoms with Crippen LogP contribution in [0.3, 0.4) is 0 Å². The van der Waals surface area contributed by atoms with E-state index in [0.29, 0.717) is 43.0 Å². The number of carbonyl (C=O) groups excluding carboxylic acids is 2. The number of ether oxygens (including phenoxy) is 3. The Labute approximate surface area is 181 Å². The molecule has 2 N–H and O–H groups in total. The number of rotatable bonds is 6. The maximum absolute atomic E-state index is 12.8. The minimum absolute atomic E-state index is 0.00121. The van der Waals surface area contributed by atoms with Gasteiger partial charge >= 0.3 is 5.97 Å². The van der Waals surface area contributed by atoms with Crippen molar-refractivity contribution in [1.29, 1.82) is 0 Å². The first-order chi connectivity index (χ1) is 15.1. The molecular weight excluding hydrogens is 394 g/mol. The van der Waals surface area contributed by atoms with Gasteiger partial charge < -0.3 is 19.9 Å². The second kappa shape index (κ2) is 9.08. The van der Waals surface area contributed by atoms with E-state index < -0.39 is 11.9 Å². The number of allylic oxidation sites excluding steroid dienone is 2. The van der Waals surface area contributed by atoms with Gasteiger partial charge in [0.1, 0.15) is 23.7 Å². The highest BCUT2D eigenvalue weighted by Crippen LogP contribution is 2.44. The zero-order chi connectivity index (χ0) is 21.8. The summed E-state index contributed by atoms with van der Waals surface area (Å²) in [5, 5.41) is 0. The highest BCUT2D eigenvalue weighted by molar-refractivity contribution is 6.03. The fourth-order valence-corrected chi connectivity index (χ4v) is 3.99. The Bertz CT molecular complexity index is 1040. The van der Waals surface area contributed by atoms with Gasteiger partial charge in [0.2, 0.25) is 5.88 Å². The quantitative estimate of drug-likeness (QED) is 0.709.